The number of aliphatic hydroxyl groups is 1. The van der Waals surface area contributed by atoms with Crippen LogP contribution in [0.5, 0.6) is 5.75 Å². The number of aliphatic hydroxyl groups excluding tert-OH is 1. The number of rotatable bonds is 7. The van der Waals surface area contributed by atoms with Crippen molar-refractivity contribution in [2.75, 3.05) is 20.3 Å². The van der Waals surface area contributed by atoms with Crippen LogP contribution in [0.3, 0.4) is 0 Å². The van der Waals surface area contributed by atoms with Gasteiger partial charge in [0.1, 0.15) is 18.5 Å². The van der Waals surface area contributed by atoms with Crippen LogP contribution in [-0.4, -0.2) is 43.6 Å². The Hall–Kier alpha value is -0.810. The highest BCUT2D eigenvalue weighted by molar-refractivity contribution is 6.30. The lowest BCUT2D eigenvalue weighted by molar-refractivity contribution is 0.0966. The highest BCUT2D eigenvalue weighted by Crippen LogP contribution is 2.21. The van der Waals surface area contributed by atoms with E-state index in [1.54, 1.807) is 31.4 Å². The number of hydrogen-bond acceptors (Lipinski definition) is 4. The van der Waals surface area contributed by atoms with Crippen molar-refractivity contribution in [1.82, 2.24) is 5.32 Å². The van der Waals surface area contributed by atoms with E-state index < -0.39 is 6.10 Å². The van der Waals surface area contributed by atoms with Gasteiger partial charge in [0.05, 0.1) is 6.10 Å². The fourth-order valence-electron chi connectivity index (χ4n) is 2.42. The Labute approximate surface area is 125 Å². The molecule has 20 heavy (non-hydrogen) atoms. The molecule has 112 valence electrons. The zero-order valence-electron chi connectivity index (χ0n) is 11.7. The molecular formula is C15H22ClNO3. The maximum Gasteiger partial charge on any atom is 0.119 e. The van der Waals surface area contributed by atoms with Crippen LogP contribution in [0.25, 0.3) is 0 Å². The lowest BCUT2D eigenvalue weighted by Crippen LogP contribution is -2.37. The molecule has 0 bridgehead atoms. The topological polar surface area (TPSA) is 50.7 Å². The molecule has 2 rings (SSSR count). The van der Waals surface area contributed by atoms with Gasteiger partial charge >= 0.3 is 0 Å². The van der Waals surface area contributed by atoms with Gasteiger partial charge in [-0.25, -0.2) is 0 Å². The summed E-state index contributed by atoms with van der Waals surface area (Å²) in [5.74, 6) is 0.716. The molecule has 5 heteroatoms. The van der Waals surface area contributed by atoms with Crippen molar-refractivity contribution in [3.05, 3.63) is 29.3 Å². The predicted molar refractivity (Wildman–Crippen MR) is 79.4 cm³/mol. The van der Waals surface area contributed by atoms with Gasteiger partial charge < -0.3 is 19.9 Å². The van der Waals surface area contributed by atoms with Gasteiger partial charge in [0, 0.05) is 24.7 Å². The summed E-state index contributed by atoms with van der Waals surface area (Å²) in [6.45, 7) is 0.809. The molecule has 0 radical (unpaired) electrons. The molecule has 0 heterocycles. The van der Waals surface area contributed by atoms with E-state index in [-0.39, 0.29) is 6.61 Å². The number of ether oxygens (including phenoxy) is 2. The van der Waals surface area contributed by atoms with E-state index in [0.29, 0.717) is 29.5 Å². The first-order valence-corrected chi connectivity index (χ1v) is 7.37. The molecule has 1 saturated carbocycles. The average molecular weight is 300 g/mol. The maximum atomic E-state index is 9.90. The van der Waals surface area contributed by atoms with Gasteiger partial charge in [0.25, 0.3) is 0 Å². The van der Waals surface area contributed by atoms with Gasteiger partial charge in [-0.05, 0) is 43.5 Å². The van der Waals surface area contributed by atoms with Crippen molar-refractivity contribution in [1.29, 1.82) is 0 Å². The third kappa shape index (κ3) is 4.94. The highest BCUT2D eigenvalue weighted by Gasteiger charge is 2.24. The van der Waals surface area contributed by atoms with Crippen molar-refractivity contribution < 1.29 is 14.6 Å². The minimum atomic E-state index is -0.521. The summed E-state index contributed by atoms with van der Waals surface area (Å²) in [5, 5.41) is 13.9. The molecule has 4 nitrogen and oxygen atoms in total. The Morgan fingerprint density at radius 1 is 1.35 bits per heavy atom. The molecule has 1 aliphatic rings. The molecular weight excluding hydrogens is 278 g/mol. The second-order valence-corrected chi connectivity index (χ2v) is 5.63. The van der Waals surface area contributed by atoms with Crippen molar-refractivity contribution >= 4 is 11.6 Å². The lowest BCUT2D eigenvalue weighted by Gasteiger charge is -2.17. The molecule has 1 aliphatic carbocycles. The molecule has 0 saturated heterocycles. The SMILES string of the molecule is COC1CCC(NCC(O)COc2ccc(Cl)cc2)C1. The summed E-state index contributed by atoms with van der Waals surface area (Å²) in [7, 11) is 1.75. The monoisotopic (exact) mass is 299 g/mol. The van der Waals surface area contributed by atoms with Crippen molar-refractivity contribution in [3.8, 4) is 5.75 Å². The molecule has 2 N–H and O–H groups in total. The maximum absolute atomic E-state index is 9.90. The molecule has 3 atom stereocenters. The Kier molecular flexibility index (Phi) is 6.10. The third-order valence-corrected chi connectivity index (χ3v) is 3.87. The van der Waals surface area contributed by atoms with E-state index in [1.165, 1.54) is 0 Å². The van der Waals surface area contributed by atoms with Crippen LogP contribution < -0.4 is 10.1 Å². The van der Waals surface area contributed by atoms with Crippen LogP contribution in [0.4, 0.5) is 0 Å². The predicted octanol–water partition coefficient (Wildman–Crippen LogP) is 2.24. The Morgan fingerprint density at radius 3 is 2.75 bits per heavy atom. The number of methoxy groups -OCH3 is 1. The van der Waals surface area contributed by atoms with E-state index in [2.05, 4.69) is 5.32 Å². The average Bonchev–Trinajstić information content (AvgIpc) is 2.92. The van der Waals surface area contributed by atoms with Crippen molar-refractivity contribution in [2.24, 2.45) is 0 Å². The normalized spacial score (nSPS) is 23.8. The smallest absolute Gasteiger partial charge is 0.119 e. The number of hydrogen-bond donors (Lipinski definition) is 2. The molecule has 0 aromatic heterocycles. The fourth-order valence-corrected chi connectivity index (χ4v) is 2.55. The van der Waals surface area contributed by atoms with E-state index in [4.69, 9.17) is 21.1 Å². The van der Waals surface area contributed by atoms with Crippen molar-refractivity contribution in [3.63, 3.8) is 0 Å². The molecule has 0 amide bonds. The number of halogens is 1. The minimum absolute atomic E-state index is 0.273. The van der Waals surface area contributed by atoms with Crippen LogP contribution in [0, 0.1) is 0 Å². The van der Waals surface area contributed by atoms with Crippen LogP contribution in [0.2, 0.25) is 5.02 Å². The minimum Gasteiger partial charge on any atom is -0.491 e. The fraction of sp³-hybridized carbons (Fsp3) is 0.600. The Balaban J connectivity index is 1.63. The lowest BCUT2D eigenvalue weighted by atomic mass is 10.2. The molecule has 0 aliphatic heterocycles. The number of benzene rings is 1. The molecule has 0 spiro atoms. The molecule has 1 aromatic rings. The summed E-state index contributed by atoms with van der Waals surface area (Å²) in [6.07, 6.45) is 3.04. The largest absolute Gasteiger partial charge is 0.491 e. The van der Waals surface area contributed by atoms with E-state index in [0.717, 1.165) is 19.3 Å². The van der Waals surface area contributed by atoms with Gasteiger partial charge in [-0.2, -0.15) is 0 Å². The van der Waals surface area contributed by atoms with Crippen molar-refractivity contribution in [2.45, 2.75) is 37.5 Å². The van der Waals surface area contributed by atoms with Gasteiger partial charge in [-0.15, -0.1) is 0 Å². The van der Waals surface area contributed by atoms with Crippen LogP contribution in [0.15, 0.2) is 24.3 Å². The van der Waals surface area contributed by atoms with Gasteiger partial charge in [0.2, 0.25) is 0 Å². The summed E-state index contributed by atoms with van der Waals surface area (Å²) in [6, 6.07) is 7.56. The third-order valence-electron chi connectivity index (χ3n) is 3.62. The quantitative estimate of drug-likeness (QED) is 0.811. The van der Waals surface area contributed by atoms with E-state index in [1.807, 2.05) is 0 Å². The zero-order valence-corrected chi connectivity index (χ0v) is 12.5. The van der Waals surface area contributed by atoms with Gasteiger partial charge in [-0.3, -0.25) is 0 Å². The zero-order chi connectivity index (χ0) is 14.4. The summed E-state index contributed by atoms with van der Waals surface area (Å²) < 4.78 is 10.8. The second kappa shape index (κ2) is 7.84. The molecule has 1 aromatic carbocycles. The number of nitrogens with one attached hydrogen (secondary N) is 1. The standard InChI is InChI=1S/C15H22ClNO3/c1-19-15-7-4-12(8-15)17-9-13(18)10-20-14-5-2-11(16)3-6-14/h2-3,5-6,12-13,15,17-18H,4,7-10H2,1H3. The summed E-state index contributed by atoms with van der Waals surface area (Å²) in [5.41, 5.74) is 0. The highest BCUT2D eigenvalue weighted by atomic mass is 35.5. The Bertz CT molecular complexity index is 399. The first-order valence-electron chi connectivity index (χ1n) is 7.00. The van der Waals surface area contributed by atoms with Crippen LogP contribution in [0.1, 0.15) is 19.3 Å². The van der Waals surface area contributed by atoms with Crippen LogP contribution in [-0.2, 0) is 4.74 Å². The molecule has 3 unspecified atom stereocenters. The first kappa shape index (κ1) is 15.6. The van der Waals surface area contributed by atoms with Gasteiger partial charge in [0.15, 0.2) is 0 Å². The van der Waals surface area contributed by atoms with E-state index >= 15 is 0 Å². The summed E-state index contributed by atoms with van der Waals surface area (Å²) >= 11 is 5.80. The van der Waals surface area contributed by atoms with Crippen LogP contribution >= 0.6 is 11.6 Å². The van der Waals surface area contributed by atoms with Gasteiger partial charge in [-0.1, -0.05) is 11.6 Å². The first-order chi connectivity index (χ1) is 9.67. The second-order valence-electron chi connectivity index (χ2n) is 5.19. The van der Waals surface area contributed by atoms with E-state index in [9.17, 15) is 5.11 Å². The Morgan fingerprint density at radius 2 is 2.10 bits per heavy atom. The summed E-state index contributed by atoms with van der Waals surface area (Å²) in [4.78, 5) is 0. The molecule has 1 fully saturated rings.